The van der Waals surface area contributed by atoms with Crippen LogP contribution in [0.3, 0.4) is 0 Å². The molecule has 0 bridgehead atoms. The number of aromatic nitrogens is 1. The summed E-state index contributed by atoms with van der Waals surface area (Å²) in [5, 5.41) is 6.10. The summed E-state index contributed by atoms with van der Waals surface area (Å²) in [6, 6.07) is 14.8. The van der Waals surface area contributed by atoms with Crippen molar-refractivity contribution in [1.82, 2.24) is 4.98 Å². The van der Waals surface area contributed by atoms with Crippen molar-refractivity contribution < 1.29 is 8.78 Å². The number of rotatable bonds is 6. The Hall–Kier alpha value is -2.27. The van der Waals surface area contributed by atoms with Gasteiger partial charge in [-0.1, -0.05) is 54.1 Å². The van der Waals surface area contributed by atoms with Gasteiger partial charge in [-0.3, -0.25) is 0 Å². The van der Waals surface area contributed by atoms with Crippen molar-refractivity contribution in [3.63, 3.8) is 0 Å². The number of alkyl halides is 2. The lowest BCUT2D eigenvalue weighted by Gasteiger charge is -2.10. The number of hydrogen-bond acceptors (Lipinski definition) is 3. The van der Waals surface area contributed by atoms with Crippen LogP contribution in [0, 0.1) is 6.92 Å². The van der Waals surface area contributed by atoms with Crippen molar-refractivity contribution in [2.45, 2.75) is 26.2 Å². The smallest absolute Gasteiger partial charge is 0.270 e. The van der Waals surface area contributed by atoms with Crippen LogP contribution in [0.1, 0.15) is 23.6 Å². The fourth-order valence-electron chi connectivity index (χ4n) is 2.49. The molecular weight excluding hydrogens is 338 g/mol. The molecular formula is C20H20F2N2S. The molecule has 0 amide bonds. The second-order valence-corrected chi connectivity index (χ2v) is 7.02. The van der Waals surface area contributed by atoms with Crippen molar-refractivity contribution >= 4 is 16.5 Å². The van der Waals surface area contributed by atoms with E-state index in [9.17, 15) is 8.78 Å². The number of aryl methyl sites for hydroxylation is 1. The maximum Gasteiger partial charge on any atom is 0.270 e. The van der Waals surface area contributed by atoms with E-state index in [0.29, 0.717) is 0 Å². The minimum atomic E-state index is -2.82. The van der Waals surface area contributed by atoms with Crippen LogP contribution >= 0.6 is 11.3 Å². The second kappa shape index (κ2) is 7.31. The third-order valence-electron chi connectivity index (χ3n) is 4.00. The lowest BCUT2D eigenvalue weighted by Crippen LogP contribution is -2.06. The normalized spacial score (nSPS) is 11.5. The van der Waals surface area contributed by atoms with Gasteiger partial charge in [0.2, 0.25) is 0 Å². The van der Waals surface area contributed by atoms with Crippen LogP contribution in [0.15, 0.2) is 53.9 Å². The standard InChI is InChI=1S/C20H20F2N2S/c1-14-3-5-15(6-4-14)11-12-23-19-24-18(13-25-19)16-7-9-17(10-8-16)20(2,21)22/h3-10,13H,11-12H2,1-2H3,(H,23,24). The molecule has 0 aliphatic carbocycles. The zero-order chi connectivity index (χ0) is 17.9. The van der Waals surface area contributed by atoms with Gasteiger partial charge in [0, 0.05) is 30.0 Å². The summed E-state index contributed by atoms with van der Waals surface area (Å²) in [6.45, 7) is 3.78. The molecule has 1 N–H and O–H groups in total. The Balaban J connectivity index is 1.59. The summed E-state index contributed by atoms with van der Waals surface area (Å²) in [7, 11) is 0. The van der Waals surface area contributed by atoms with Gasteiger partial charge in [0.05, 0.1) is 5.69 Å². The molecule has 0 unspecified atom stereocenters. The van der Waals surface area contributed by atoms with E-state index in [1.54, 1.807) is 12.1 Å². The maximum absolute atomic E-state index is 13.3. The van der Waals surface area contributed by atoms with Gasteiger partial charge in [-0.05, 0) is 18.9 Å². The fraction of sp³-hybridized carbons (Fsp3) is 0.250. The zero-order valence-electron chi connectivity index (χ0n) is 14.2. The molecule has 130 valence electrons. The van der Waals surface area contributed by atoms with E-state index in [4.69, 9.17) is 0 Å². The number of thiazole rings is 1. The minimum Gasteiger partial charge on any atom is -0.361 e. The van der Waals surface area contributed by atoms with Crippen LogP contribution < -0.4 is 5.32 Å². The molecule has 0 saturated heterocycles. The van der Waals surface area contributed by atoms with Crippen molar-refractivity contribution in [3.8, 4) is 11.3 Å². The summed E-state index contributed by atoms with van der Waals surface area (Å²) in [6.07, 6.45) is 0.926. The molecule has 1 heterocycles. The molecule has 25 heavy (non-hydrogen) atoms. The predicted octanol–water partition coefficient (Wildman–Crippen LogP) is 5.88. The highest BCUT2D eigenvalue weighted by atomic mass is 32.1. The van der Waals surface area contributed by atoms with Gasteiger partial charge >= 0.3 is 0 Å². The molecule has 5 heteroatoms. The first-order chi connectivity index (χ1) is 11.9. The monoisotopic (exact) mass is 358 g/mol. The van der Waals surface area contributed by atoms with Crippen molar-refractivity contribution in [2.24, 2.45) is 0 Å². The number of nitrogens with one attached hydrogen (secondary N) is 1. The van der Waals surface area contributed by atoms with Crippen LogP contribution in [0.25, 0.3) is 11.3 Å². The van der Waals surface area contributed by atoms with E-state index in [2.05, 4.69) is 41.5 Å². The Labute approximate surface area is 150 Å². The Morgan fingerprint density at radius 3 is 2.36 bits per heavy atom. The highest BCUT2D eigenvalue weighted by Crippen LogP contribution is 2.30. The maximum atomic E-state index is 13.3. The molecule has 2 aromatic carbocycles. The van der Waals surface area contributed by atoms with Crippen LogP contribution in [0.2, 0.25) is 0 Å². The Morgan fingerprint density at radius 2 is 1.72 bits per heavy atom. The van der Waals surface area contributed by atoms with Gasteiger partial charge in [-0.2, -0.15) is 0 Å². The SMILES string of the molecule is Cc1ccc(CCNc2nc(-c3ccc(C(C)(F)F)cc3)cs2)cc1. The Morgan fingerprint density at radius 1 is 1.04 bits per heavy atom. The topological polar surface area (TPSA) is 24.9 Å². The van der Waals surface area contributed by atoms with E-state index < -0.39 is 5.92 Å². The number of nitrogens with zero attached hydrogens (tertiary/aromatic N) is 1. The van der Waals surface area contributed by atoms with E-state index in [1.165, 1.54) is 34.6 Å². The van der Waals surface area contributed by atoms with Gasteiger partial charge in [0.15, 0.2) is 5.13 Å². The highest BCUT2D eigenvalue weighted by molar-refractivity contribution is 7.14. The van der Waals surface area contributed by atoms with Crippen molar-refractivity contribution in [3.05, 3.63) is 70.6 Å². The zero-order valence-corrected chi connectivity index (χ0v) is 15.0. The first-order valence-corrected chi connectivity index (χ1v) is 9.03. The summed E-state index contributed by atoms with van der Waals surface area (Å²) < 4.78 is 26.5. The van der Waals surface area contributed by atoms with Gasteiger partial charge in [-0.15, -0.1) is 11.3 Å². The quantitative estimate of drug-likeness (QED) is 0.595. The number of benzene rings is 2. The van der Waals surface area contributed by atoms with E-state index >= 15 is 0 Å². The number of hydrogen-bond donors (Lipinski definition) is 1. The van der Waals surface area contributed by atoms with Gasteiger partial charge in [0.1, 0.15) is 0 Å². The molecule has 1 aromatic heterocycles. The molecule has 0 atom stereocenters. The van der Waals surface area contributed by atoms with E-state index in [0.717, 1.165) is 36.3 Å². The second-order valence-electron chi connectivity index (χ2n) is 6.17. The molecule has 0 saturated carbocycles. The van der Waals surface area contributed by atoms with Gasteiger partial charge < -0.3 is 5.32 Å². The van der Waals surface area contributed by atoms with Crippen LogP contribution in [-0.2, 0) is 12.3 Å². The summed E-state index contributed by atoms with van der Waals surface area (Å²) >= 11 is 1.52. The lowest BCUT2D eigenvalue weighted by atomic mass is 10.1. The van der Waals surface area contributed by atoms with Crippen molar-refractivity contribution in [2.75, 3.05) is 11.9 Å². The lowest BCUT2D eigenvalue weighted by molar-refractivity contribution is 0.0175. The minimum absolute atomic E-state index is 0.0166. The number of halogens is 2. The molecule has 2 nitrogen and oxygen atoms in total. The summed E-state index contributed by atoms with van der Waals surface area (Å²) in [5.41, 5.74) is 4.20. The molecule has 0 aliphatic rings. The first kappa shape index (κ1) is 17.5. The first-order valence-electron chi connectivity index (χ1n) is 8.15. The van der Waals surface area contributed by atoms with Crippen LogP contribution in [0.5, 0.6) is 0 Å². The molecule has 0 spiro atoms. The van der Waals surface area contributed by atoms with Crippen molar-refractivity contribution in [1.29, 1.82) is 0 Å². The van der Waals surface area contributed by atoms with Gasteiger partial charge in [-0.25, -0.2) is 13.8 Å². The molecule has 0 aliphatic heterocycles. The van der Waals surface area contributed by atoms with Crippen LogP contribution in [0.4, 0.5) is 13.9 Å². The average Bonchev–Trinajstić information content (AvgIpc) is 3.05. The summed E-state index contributed by atoms with van der Waals surface area (Å²) in [5.74, 6) is -2.82. The predicted molar refractivity (Wildman–Crippen MR) is 100 cm³/mol. The molecule has 3 aromatic rings. The molecule has 0 radical (unpaired) electrons. The summed E-state index contributed by atoms with van der Waals surface area (Å²) in [4.78, 5) is 4.54. The third-order valence-corrected chi connectivity index (χ3v) is 4.80. The van der Waals surface area contributed by atoms with E-state index in [-0.39, 0.29) is 5.56 Å². The largest absolute Gasteiger partial charge is 0.361 e. The highest BCUT2D eigenvalue weighted by Gasteiger charge is 2.23. The molecule has 0 fully saturated rings. The van der Waals surface area contributed by atoms with E-state index in [1.807, 2.05) is 5.38 Å². The Kier molecular flexibility index (Phi) is 5.13. The number of anilines is 1. The third kappa shape index (κ3) is 4.63. The van der Waals surface area contributed by atoms with Crippen LogP contribution in [-0.4, -0.2) is 11.5 Å². The fourth-order valence-corrected chi connectivity index (χ4v) is 3.24. The Bertz CT molecular complexity index is 818. The average molecular weight is 358 g/mol. The van der Waals surface area contributed by atoms with Gasteiger partial charge in [0.25, 0.3) is 5.92 Å². The molecule has 3 rings (SSSR count).